The van der Waals surface area contributed by atoms with Crippen LogP contribution in [0.25, 0.3) is 0 Å². The van der Waals surface area contributed by atoms with Gasteiger partial charge in [-0.3, -0.25) is 4.79 Å². The van der Waals surface area contributed by atoms with Gasteiger partial charge in [0.05, 0.1) is 11.6 Å². The molecule has 3 rings (SSSR count). The fourth-order valence-electron chi connectivity index (χ4n) is 2.18. The van der Waals surface area contributed by atoms with Gasteiger partial charge in [0.2, 0.25) is 5.91 Å². The number of thioether (sulfide) groups is 1. The zero-order chi connectivity index (χ0) is 12.8. The topological polar surface area (TPSA) is 55.1 Å². The molecule has 1 atom stereocenters. The van der Waals surface area contributed by atoms with Crippen LogP contribution in [0.3, 0.4) is 0 Å². The first-order valence-electron chi connectivity index (χ1n) is 6.11. The number of nitrogens with one attached hydrogen (secondary N) is 1. The minimum absolute atomic E-state index is 0.0228. The maximum Gasteiger partial charge on any atom is 0.240 e. The smallest absolute Gasteiger partial charge is 0.240 e. The summed E-state index contributed by atoms with van der Waals surface area (Å²) in [6.07, 6.45) is 2.52. The first-order valence-corrected chi connectivity index (χ1v) is 7.47. The van der Waals surface area contributed by atoms with Gasteiger partial charge in [-0.1, -0.05) is 11.6 Å². The third-order valence-corrected chi connectivity index (χ3v) is 4.92. The molecular weight excluding hydrogens is 268 g/mol. The zero-order valence-corrected chi connectivity index (χ0v) is 11.5. The van der Waals surface area contributed by atoms with Crippen molar-refractivity contribution in [2.24, 2.45) is 5.73 Å². The number of hydrogen-bond acceptors (Lipinski definition) is 3. The fraction of sp³-hybridized carbons (Fsp3) is 0.462. The standard InChI is InChI=1S/C13H15ClN2OS/c14-8-1-2-11-9(7-8)10(3-6-18-11)16-12(17)13(15)4-5-13/h1-2,7,10H,3-6,15H2,(H,16,17). The van der Waals surface area contributed by atoms with Crippen molar-refractivity contribution in [3.05, 3.63) is 28.8 Å². The summed E-state index contributed by atoms with van der Waals surface area (Å²) < 4.78 is 0. The minimum Gasteiger partial charge on any atom is -0.348 e. The van der Waals surface area contributed by atoms with E-state index in [1.165, 1.54) is 4.90 Å². The Hall–Kier alpha value is -0.710. The monoisotopic (exact) mass is 282 g/mol. The summed E-state index contributed by atoms with van der Waals surface area (Å²) in [6.45, 7) is 0. The van der Waals surface area contributed by atoms with Gasteiger partial charge in [0.15, 0.2) is 0 Å². The van der Waals surface area contributed by atoms with Crippen LogP contribution in [-0.4, -0.2) is 17.2 Å². The Morgan fingerprint density at radius 1 is 1.50 bits per heavy atom. The van der Waals surface area contributed by atoms with Crippen LogP contribution in [0, 0.1) is 0 Å². The third kappa shape index (κ3) is 2.25. The summed E-state index contributed by atoms with van der Waals surface area (Å²) in [4.78, 5) is 13.2. The van der Waals surface area contributed by atoms with Gasteiger partial charge >= 0.3 is 0 Å². The molecule has 3 nitrogen and oxygen atoms in total. The van der Waals surface area contributed by atoms with Crippen LogP contribution < -0.4 is 11.1 Å². The molecule has 1 aliphatic heterocycles. The normalized spacial score (nSPS) is 24.2. The molecule has 0 bridgehead atoms. The molecule has 96 valence electrons. The Labute approximate surface area is 115 Å². The largest absolute Gasteiger partial charge is 0.348 e. The predicted octanol–water partition coefficient (Wildman–Crippen LogP) is 2.48. The Balaban J connectivity index is 1.82. The van der Waals surface area contributed by atoms with E-state index in [0.717, 1.165) is 30.6 Å². The molecule has 1 saturated carbocycles. The van der Waals surface area contributed by atoms with Gasteiger partial charge in [0, 0.05) is 15.7 Å². The van der Waals surface area contributed by atoms with Crippen LogP contribution in [0.1, 0.15) is 30.9 Å². The van der Waals surface area contributed by atoms with Crippen LogP contribution in [0.4, 0.5) is 0 Å². The highest BCUT2D eigenvalue weighted by Gasteiger charge is 2.46. The second-order valence-corrected chi connectivity index (χ2v) is 6.57. The second kappa shape index (κ2) is 4.44. The molecule has 3 N–H and O–H groups in total. The molecular formula is C13H15ClN2OS. The molecule has 2 aliphatic rings. The number of benzene rings is 1. The van der Waals surface area contributed by atoms with Gasteiger partial charge in [-0.2, -0.15) is 0 Å². The first-order chi connectivity index (χ1) is 8.58. The van der Waals surface area contributed by atoms with Crippen molar-refractivity contribution in [1.29, 1.82) is 0 Å². The molecule has 0 saturated heterocycles. The van der Waals surface area contributed by atoms with Gasteiger partial charge < -0.3 is 11.1 Å². The lowest BCUT2D eigenvalue weighted by molar-refractivity contribution is -0.124. The number of carbonyl (C=O) groups excluding carboxylic acids is 1. The molecule has 1 heterocycles. The van der Waals surface area contributed by atoms with Crippen molar-refractivity contribution in [3.8, 4) is 0 Å². The highest BCUT2D eigenvalue weighted by Crippen LogP contribution is 2.39. The molecule has 0 spiro atoms. The van der Waals surface area contributed by atoms with E-state index in [0.29, 0.717) is 5.02 Å². The van der Waals surface area contributed by atoms with Crippen molar-refractivity contribution >= 4 is 29.3 Å². The molecule has 18 heavy (non-hydrogen) atoms. The summed E-state index contributed by atoms with van der Waals surface area (Å²) in [6, 6.07) is 5.91. The number of nitrogens with two attached hydrogens (primary N) is 1. The van der Waals surface area contributed by atoms with Gasteiger partial charge in [0.1, 0.15) is 0 Å². The quantitative estimate of drug-likeness (QED) is 0.876. The van der Waals surface area contributed by atoms with E-state index in [1.54, 1.807) is 0 Å². The molecule has 1 amide bonds. The van der Waals surface area contributed by atoms with Crippen molar-refractivity contribution in [1.82, 2.24) is 5.32 Å². The summed E-state index contributed by atoms with van der Waals surface area (Å²) >= 11 is 7.84. The number of rotatable bonds is 2. The van der Waals surface area contributed by atoms with E-state index in [9.17, 15) is 4.79 Å². The molecule has 5 heteroatoms. The number of hydrogen-bond donors (Lipinski definition) is 2. The molecule has 1 fully saturated rings. The summed E-state index contributed by atoms with van der Waals surface area (Å²) in [7, 11) is 0. The van der Waals surface area contributed by atoms with Crippen molar-refractivity contribution in [3.63, 3.8) is 0 Å². The van der Waals surface area contributed by atoms with E-state index >= 15 is 0 Å². The lowest BCUT2D eigenvalue weighted by Crippen LogP contribution is -2.44. The number of fused-ring (bicyclic) bond motifs is 1. The molecule has 0 radical (unpaired) electrons. The van der Waals surface area contributed by atoms with E-state index in [-0.39, 0.29) is 11.9 Å². The predicted molar refractivity (Wildman–Crippen MR) is 73.8 cm³/mol. The fourth-order valence-corrected chi connectivity index (χ4v) is 3.47. The molecule has 1 aromatic rings. The van der Waals surface area contributed by atoms with Crippen molar-refractivity contribution in [2.75, 3.05) is 5.75 Å². The molecule has 1 aliphatic carbocycles. The third-order valence-electron chi connectivity index (χ3n) is 3.56. The Kier molecular flexibility index (Phi) is 3.04. The molecule has 1 unspecified atom stereocenters. The number of amides is 1. The SMILES string of the molecule is NC1(C(=O)NC2CCSc3ccc(Cl)cc32)CC1. The Bertz CT molecular complexity index is 502. The van der Waals surface area contributed by atoms with Crippen molar-refractivity contribution < 1.29 is 4.79 Å². The van der Waals surface area contributed by atoms with Gasteiger partial charge in [-0.25, -0.2) is 0 Å². The van der Waals surface area contributed by atoms with Gasteiger partial charge in [-0.15, -0.1) is 11.8 Å². The summed E-state index contributed by atoms with van der Waals surface area (Å²) in [5, 5.41) is 3.78. The van der Waals surface area contributed by atoms with E-state index < -0.39 is 5.54 Å². The highest BCUT2D eigenvalue weighted by molar-refractivity contribution is 7.99. The van der Waals surface area contributed by atoms with E-state index in [1.807, 2.05) is 30.0 Å². The number of halogens is 1. The Morgan fingerprint density at radius 2 is 2.28 bits per heavy atom. The van der Waals surface area contributed by atoms with Crippen LogP contribution in [0.5, 0.6) is 0 Å². The second-order valence-electron chi connectivity index (χ2n) is 5.00. The van der Waals surface area contributed by atoms with Crippen LogP contribution in [-0.2, 0) is 4.79 Å². The summed E-state index contributed by atoms with van der Waals surface area (Å²) in [5.74, 6) is 0.988. The summed E-state index contributed by atoms with van der Waals surface area (Å²) in [5.41, 5.74) is 6.43. The van der Waals surface area contributed by atoms with E-state index in [4.69, 9.17) is 17.3 Å². The van der Waals surface area contributed by atoms with Crippen LogP contribution in [0.15, 0.2) is 23.1 Å². The lowest BCUT2D eigenvalue weighted by atomic mass is 10.0. The Morgan fingerprint density at radius 3 is 3.00 bits per heavy atom. The average molecular weight is 283 g/mol. The van der Waals surface area contributed by atoms with E-state index in [2.05, 4.69) is 5.32 Å². The first kappa shape index (κ1) is 12.3. The average Bonchev–Trinajstić information content (AvgIpc) is 3.09. The minimum atomic E-state index is -0.608. The van der Waals surface area contributed by atoms with Gasteiger partial charge in [0.25, 0.3) is 0 Å². The van der Waals surface area contributed by atoms with Crippen LogP contribution >= 0.6 is 23.4 Å². The van der Waals surface area contributed by atoms with Crippen molar-refractivity contribution in [2.45, 2.75) is 35.7 Å². The molecule has 0 aromatic heterocycles. The van der Waals surface area contributed by atoms with Gasteiger partial charge in [-0.05, 0) is 43.0 Å². The number of carbonyl (C=O) groups is 1. The maximum atomic E-state index is 12.0. The lowest BCUT2D eigenvalue weighted by Gasteiger charge is -2.27. The van der Waals surface area contributed by atoms with Crippen LogP contribution in [0.2, 0.25) is 5.02 Å². The zero-order valence-electron chi connectivity index (χ0n) is 9.91. The maximum absolute atomic E-state index is 12.0. The molecule has 1 aromatic carbocycles. The highest BCUT2D eigenvalue weighted by atomic mass is 35.5.